The first-order chi connectivity index (χ1) is 14.9. The Balaban J connectivity index is 1.38. The number of likely N-dealkylation sites (tertiary alicyclic amines) is 1. The zero-order chi connectivity index (χ0) is 22.0. The first kappa shape index (κ1) is 21.8. The molecule has 3 heterocycles. The summed E-state index contributed by atoms with van der Waals surface area (Å²) >= 11 is 7.14. The summed E-state index contributed by atoms with van der Waals surface area (Å²) in [6.07, 6.45) is 2.58. The molecule has 31 heavy (non-hydrogen) atoms. The summed E-state index contributed by atoms with van der Waals surface area (Å²) in [6.45, 7) is 1.68. The zero-order valence-corrected chi connectivity index (χ0v) is 18.8. The lowest BCUT2D eigenvalue weighted by Crippen LogP contribution is -2.50. The van der Waals surface area contributed by atoms with E-state index in [-0.39, 0.29) is 23.8 Å². The van der Waals surface area contributed by atoms with Crippen LogP contribution < -0.4 is 15.5 Å². The summed E-state index contributed by atoms with van der Waals surface area (Å²) in [4.78, 5) is 41.2. The van der Waals surface area contributed by atoms with Crippen LogP contribution in [0.15, 0.2) is 36.4 Å². The van der Waals surface area contributed by atoms with Crippen LogP contribution in [0.2, 0.25) is 4.34 Å². The average Bonchev–Trinajstić information content (AvgIpc) is 3.31. The van der Waals surface area contributed by atoms with Gasteiger partial charge in [-0.1, -0.05) is 23.7 Å². The topological polar surface area (TPSA) is 81.8 Å². The molecule has 2 N–H and O–H groups in total. The Labute approximate surface area is 190 Å². The highest BCUT2D eigenvalue weighted by molar-refractivity contribution is 7.18. The molecule has 0 saturated carbocycles. The third-order valence-corrected chi connectivity index (χ3v) is 6.96. The molecule has 0 spiro atoms. The van der Waals surface area contributed by atoms with E-state index in [1.165, 1.54) is 11.3 Å². The van der Waals surface area contributed by atoms with E-state index < -0.39 is 6.04 Å². The van der Waals surface area contributed by atoms with Crippen LogP contribution in [-0.4, -0.2) is 54.8 Å². The Morgan fingerprint density at radius 2 is 1.94 bits per heavy atom. The Kier molecular flexibility index (Phi) is 6.60. The number of halogens is 1. The van der Waals surface area contributed by atoms with Crippen LogP contribution in [0.4, 0.5) is 5.69 Å². The Bertz CT molecular complexity index is 977. The van der Waals surface area contributed by atoms with Gasteiger partial charge in [0.25, 0.3) is 5.91 Å². The summed E-state index contributed by atoms with van der Waals surface area (Å²) < 4.78 is 0.550. The molecule has 2 fully saturated rings. The number of hydrogen-bond donors (Lipinski definition) is 2. The van der Waals surface area contributed by atoms with Crippen molar-refractivity contribution in [3.05, 3.63) is 51.2 Å². The number of piperidine rings is 1. The molecule has 2 atom stereocenters. The van der Waals surface area contributed by atoms with Crippen LogP contribution >= 0.6 is 22.9 Å². The van der Waals surface area contributed by atoms with Gasteiger partial charge in [0.05, 0.1) is 15.3 Å². The van der Waals surface area contributed by atoms with Crippen molar-refractivity contribution in [2.75, 3.05) is 25.0 Å². The molecule has 0 radical (unpaired) electrons. The third kappa shape index (κ3) is 4.92. The van der Waals surface area contributed by atoms with E-state index in [4.69, 9.17) is 11.6 Å². The molecule has 4 rings (SSSR count). The number of likely N-dealkylation sites (N-methyl/N-ethyl adjacent to an activating group) is 1. The summed E-state index contributed by atoms with van der Waals surface area (Å²) in [5.74, 6) is -0.111. The first-order valence-electron chi connectivity index (χ1n) is 10.4. The molecule has 2 aromatic rings. The number of benzene rings is 1. The van der Waals surface area contributed by atoms with Crippen molar-refractivity contribution in [1.82, 2.24) is 15.5 Å². The van der Waals surface area contributed by atoms with Crippen LogP contribution in [0.5, 0.6) is 0 Å². The average molecular weight is 461 g/mol. The van der Waals surface area contributed by atoms with Crippen molar-refractivity contribution in [1.29, 1.82) is 0 Å². The van der Waals surface area contributed by atoms with E-state index in [1.807, 2.05) is 29.2 Å². The number of thiophene rings is 1. The van der Waals surface area contributed by atoms with Gasteiger partial charge in [-0.25, -0.2) is 0 Å². The van der Waals surface area contributed by atoms with Crippen LogP contribution in [-0.2, 0) is 16.1 Å². The van der Waals surface area contributed by atoms with Gasteiger partial charge in [0, 0.05) is 38.8 Å². The maximum Gasteiger partial charge on any atom is 0.261 e. The van der Waals surface area contributed by atoms with Crippen LogP contribution in [0.3, 0.4) is 0 Å². The molecule has 2 aliphatic heterocycles. The standard InChI is InChI=1S/C22H25ClN4O3S/c1-26-13-16(25-21(29)17-9-10-18(23)31-17)20(22(26)30)24-12-14-5-7-15(8-6-14)27-11-3-2-4-19(27)28/h5-10,16,20,24H,2-4,11-13H2,1H3,(H,25,29)/t16-,20-/m1/s1. The lowest BCUT2D eigenvalue weighted by molar-refractivity contribution is -0.128. The van der Waals surface area contributed by atoms with Crippen molar-refractivity contribution in [2.45, 2.75) is 37.9 Å². The molecule has 1 aromatic heterocycles. The van der Waals surface area contributed by atoms with Crippen molar-refractivity contribution >= 4 is 46.3 Å². The molecular formula is C22H25ClN4O3S. The Hall–Kier alpha value is -2.42. The van der Waals surface area contributed by atoms with Crippen LogP contribution in [0.25, 0.3) is 0 Å². The summed E-state index contributed by atoms with van der Waals surface area (Å²) in [5, 5.41) is 6.25. The van der Waals surface area contributed by atoms with Crippen LogP contribution in [0.1, 0.15) is 34.5 Å². The summed E-state index contributed by atoms with van der Waals surface area (Å²) in [6, 6.07) is 10.3. The third-order valence-electron chi connectivity index (χ3n) is 5.73. The quantitative estimate of drug-likeness (QED) is 0.694. The van der Waals surface area contributed by atoms with Gasteiger partial charge in [-0.3, -0.25) is 19.7 Å². The van der Waals surface area contributed by atoms with Gasteiger partial charge < -0.3 is 15.1 Å². The fraction of sp³-hybridized carbons (Fsp3) is 0.409. The SMILES string of the molecule is CN1C[C@@H](NC(=O)c2ccc(Cl)s2)[C@@H](NCc2ccc(N3CCCCC3=O)cc2)C1=O. The second-order valence-electron chi connectivity index (χ2n) is 7.93. The van der Waals surface area contributed by atoms with E-state index in [1.54, 1.807) is 24.1 Å². The maximum absolute atomic E-state index is 12.6. The zero-order valence-electron chi connectivity index (χ0n) is 17.3. The molecular weight excluding hydrogens is 436 g/mol. The monoisotopic (exact) mass is 460 g/mol. The molecule has 9 heteroatoms. The lowest BCUT2D eigenvalue weighted by atomic mass is 10.1. The highest BCUT2D eigenvalue weighted by atomic mass is 35.5. The van der Waals surface area contributed by atoms with Gasteiger partial charge in [0.1, 0.15) is 6.04 Å². The summed E-state index contributed by atoms with van der Waals surface area (Å²) in [7, 11) is 1.73. The van der Waals surface area contributed by atoms with E-state index in [9.17, 15) is 14.4 Å². The fourth-order valence-corrected chi connectivity index (χ4v) is 4.98. The molecule has 0 unspecified atom stereocenters. The second-order valence-corrected chi connectivity index (χ2v) is 9.65. The smallest absolute Gasteiger partial charge is 0.261 e. The number of rotatable bonds is 6. The number of amides is 3. The molecule has 2 saturated heterocycles. The second kappa shape index (κ2) is 9.38. The molecule has 0 aliphatic carbocycles. The van der Waals surface area contributed by atoms with E-state index in [0.717, 1.165) is 30.6 Å². The predicted octanol–water partition coefficient (Wildman–Crippen LogP) is 2.65. The molecule has 0 bridgehead atoms. The molecule has 164 valence electrons. The van der Waals surface area contributed by atoms with E-state index >= 15 is 0 Å². The summed E-state index contributed by atoms with van der Waals surface area (Å²) in [5.41, 5.74) is 1.91. The minimum Gasteiger partial charge on any atom is -0.345 e. The number of carbonyl (C=O) groups is 3. The normalized spacial score (nSPS) is 21.6. The van der Waals surface area contributed by atoms with Gasteiger partial charge in [0.2, 0.25) is 11.8 Å². The minimum atomic E-state index is -0.507. The van der Waals surface area contributed by atoms with Crippen molar-refractivity contribution in [2.24, 2.45) is 0 Å². The maximum atomic E-state index is 12.6. The van der Waals surface area contributed by atoms with Gasteiger partial charge in [0.15, 0.2) is 0 Å². The number of anilines is 1. The van der Waals surface area contributed by atoms with Gasteiger partial charge in [-0.05, 0) is 42.7 Å². The first-order valence-corrected chi connectivity index (χ1v) is 11.6. The number of carbonyl (C=O) groups excluding carboxylic acids is 3. The van der Waals surface area contributed by atoms with Gasteiger partial charge in [-0.2, -0.15) is 0 Å². The Morgan fingerprint density at radius 3 is 2.61 bits per heavy atom. The van der Waals surface area contributed by atoms with Gasteiger partial charge in [-0.15, -0.1) is 11.3 Å². The fourth-order valence-electron chi connectivity index (χ4n) is 4.03. The minimum absolute atomic E-state index is 0.0509. The molecule has 3 amide bonds. The Morgan fingerprint density at radius 1 is 1.16 bits per heavy atom. The number of nitrogens with zero attached hydrogens (tertiary/aromatic N) is 2. The van der Waals surface area contributed by atoms with Gasteiger partial charge >= 0.3 is 0 Å². The number of hydrogen-bond acceptors (Lipinski definition) is 5. The largest absolute Gasteiger partial charge is 0.345 e. The molecule has 1 aromatic carbocycles. The number of nitrogens with one attached hydrogen (secondary N) is 2. The van der Waals surface area contributed by atoms with Crippen molar-refractivity contribution in [3.8, 4) is 0 Å². The predicted molar refractivity (Wildman–Crippen MR) is 121 cm³/mol. The highest BCUT2D eigenvalue weighted by Crippen LogP contribution is 2.23. The molecule has 7 nitrogen and oxygen atoms in total. The highest BCUT2D eigenvalue weighted by Gasteiger charge is 2.39. The molecule has 2 aliphatic rings. The lowest BCUT2D eigenvalue weighted by Gasteiger charge is -2.27. The van der Waals surface area contributed by atoms with Crippen molar-refractivity contribution < 1.29 is 14.4 Å². The van der Waals surface area contributed by atoms with Crippen molar-refractivity contribution in [3.63, 3.8) is 0 Å². The van der Waals surface area contributed by atoms with E-state index in [2.05, 4.69) is 10.6 Å². The van der Waals surface area contributed by atoms with E-state index in [0.29, 0.717) is 28.7 Å². The van der Waals surface area contributed by atoms with Crippen LogP contribution in [0, 0.1) is 0 Å².